The summed E-state index contributed by atoms with van der Waals surface area (Å²) in [7, 11) is 0. The monoisotopic (exact) mass is 290 g/mol. The molecular formula is C11H12ClFN2O4. The lowest BCUT2D eigenvalue weighted by Crippen LogP contribution is -2.24. The van der Waals surface area contributed by atoms with Crippen LogP contribution in [0.1, 0.15) is 31.1 Å². The molecule has 0 aliphatic heterocycles. The first kappa shape index (κ1) is 15.2. The first-order valence-corrected chi connectivity index (χ1v) is 5.57. The number of nitro groups is 1. The fraction of sp³-hybridized carbons (Fsp3) is 0.364. The number of esters is 1. The summed E-state index contributed by atoms with van der Waals surface area (Å²) in [4.78, 5) is 21.5. The zero-order valence-electron chi connectivity index (χ0n) is 10.5. The van der Waals surface area contributed by atoms with Crippen LogP contribution in [0.5, 0.6) is 0 Å². The number of hydrogen-bond acceptors (Lipinski definition) is 5. The summed E-state index contributed by atoms with van der Waals surface area (Å²) in [6, 6.07) is 0.910. The summed E-state index contributed by atoms with van der Waals surface area (Å²) in [5.74, 6) is -2.19. The fourth-order valence-electron chi connectivity index (χ4n) is 1.31. The number of nitro benzene ring substituents is 1. The van der Waals surface area contributed by atoms with Gasteiger partial charge in [0.25, 0.3) is 0 Å². The lowest BCUT2D eigenvalue weighted by Gasteiger charge is -2.20. The predicted molar refractivity (Wildman–Crippen MR) is 67.6 cm³/mol. The van der Waals surface area contributed by atoms with E-state index in [1.165, 1.54) is 0 Å². The first-order valence-electron chi connectivity index (χ1n) is 5.20. The smallest absolute Gasteiger partial charge is 0.341 e. The van der Waals surface area contributed by atoms with Crippen LogP contribution in [0.25, 0.3) is 0 Å². The van der Waals surface area contributed by atoms with Crippen LogP contribution < -0.4 is 5.73 Å². The maximum absolute atomic E-state index is 13.5. The highest BCUT2D eigenvalue weighted by atomic mass is 35.5. The van der Waals surface area contributed by atoms with Gasteiger partial charge in [-0.3, -0.25) is 10.1 Å². The molecule has 0 bridgehead atoms. The van der Waals surface area contributed by atoms with E-state index in [9.17, 15) is 19.3 Å². The van der Waals surface area contributed by atoms with E-state index in [0.717, 1.165) is 6.07 Å². The molecule has 0 aromatic heterocycles. The van der Waals surface area contributed by atoms with Crippen molar-refractivity contribution in [3.05, 3.63) is 32.6 Å². The molecule has 1 aromatic carbocycles. The van der Waals surface area contributed by atoms with E-state index in [-0.39, 0.29) is 5.56 Å². The molecule has 0 aliphatic carbocycles. The van der Waals surface area contributed by atoms with Gasteiger partial charge < -0.3 is 10.5 Å². The van der Waals surface area contributed by atoms with Crippen LogP contribution in [0.2, 0.25) is 5.02 Å². The Labute approximate surface area is 113 Å². The molecule has 0 saturated carbocycles. The Morgan fingerprint density at radius 2 is 2.05 bits per heavy atom. The van der Waals surface area contributed by atoms with Crippen molar-refractivity contribution in [1.29, 1.82) is 0 Å². The molecule has 6 nitrogen and oxygen atoms in total. The largest absolute Gasteiger partial charge is 0.456 e. The molecule has 0 fully saturated rings. The number of benzene rings is 1. The van der Waals surface area contributed by atoms with Crippen molar-refractivity contribution >= 4 is 28.9 Å². The molecule has 1 rings (SSSR count). The third kappa shape index (κ3) is 3.31. The molecule has 0 amide bonds. The zero-order chi connectivity index (χ0) is 15.0. The van der Waals surface area contributed by atoms with Gasteiger partial charge in [0.1, 0.15) is 11.3 Å². The van der Waals surface area contributed by atoms with Crippen molar-refractivity contribution in [3.63, 3.8) is 0 Å². The second-order valence-electron chi connectivity index (χ2n) is 4.74. The normalized spacial score (nSPS) is 11.2. The highest BCUT2D eigenvalue weighted by molar-refractivity contribution is 6.31. The molecule has 0 radical (unpaired) electrons. The Morgan fingerprint density at radius 3 is 2.47 bits per heavy atom. The molecule has 19 heavy (non-hydrogen) atoms. The van der Waals surface area contributed by atoms with E-state index < -0.39 is 38.7 Å². The lowest BCUT2D eigenvalue weighted by molar-refractivity contribution is -0.386. The van der Waals surface area contributed by atoms with E-state index >= 15 is 0 Å². The van der Waals surface area contributed by atoms with Gasteiger partial charge in [-0.05, 0) is 26.8 Å². The fourth-order valence-corrected chi connectivity index (χ4v) is 1.51. The highest BCUT2D eigenvalue weighted by Crippen LogP contribution is 2.34. The predicted octanol–water partition coefficient (Wildman–Crippen LogP) is 2.92. The minimum atomic E-state index is -1.28. The van der Waals surface area contributed by atoms with Crippen molar-refractivity contribution in [1.82, 2.24) is 0 Å². The van der Waals surface area contributed by atoms with Gasteiger partial charge in [-0.2, -0.15) is 4.39 Å². The Balaban J connectivity index is 3.38. The van der Waals surface area contributed by atoms with Gasteiger partial charge in [-0.25, -0.2) is 4.79 Å². The molecule has 0 unspecified atom stereocenters. The van der Waals surface area contributed by atoms with E-state index in [4.69, 9.17) is 22.1 Å². The van der Waals surface area contributed by atoms with Gasteiger partial charge in [-0.1, -0.05) is 11.6 Å². The molecular weight excluding hydrogens is 279 g/mol. The van der Waals surface area contributed by atoms with Crippen LogP contribution in [0.3, 0.4) is 0 Å². The minimum Gasteiger partial charge on any atom is -0.456 e. The number of carbonyl (C=O) groups excluding carboxylic acids is 1. The van der Waals surface area contributed by atoms with Crippen LogP contribution in [0.15, 0.2) is 6.07 Å². The molecule has 0 heterocycles. The summed E-state index contributed by atoms with van der Waals surface area (Å²) in [5, 5.41) is 10.2. The molecule has 104 valence electrons. The number of nitrogens with two attached hydrogens (primary N) is 1. The van der Waals surface area contributed by atoms with Crippen LogP contribution in [-0.4, -0.2) is 16.5 Å². The van der Waals surface area contributed by atoms with Crippen LogP contribution in [0.4, 0.5) is 15.8 Å². The Hall–Kier alpha value is -1.89. The molecule has 2 N–H and O–H groups in total. The summed E-state index contributed by atoms with van der Waals surface area (Å²) in [6.45, 7) is 4.84. The van der Waals surface area contributed by atoms with Crippen LogP contribution >= 0.6 is 11.6 Å². The average Bonchev–Trinajstić information content (AvgIpc) is 2.20. The maximum Gasteiger partial charge on any atom is 0.341 e. The Bertz CT molecular complexity index is 555. The number of ether oxygens (including phenoxy) is 1. The number of anilines is 1. The zero-order valence-corrected chi connectivity index (χ0v) is 11.2. The van der Waals surface area contributed by atoms with E-state index in [1.807, 2.05) is 0 Å². The summed E-state index contributed by atoms with van der Waals surface area (Å²) >= 11 is 5.51. The van der Waals surface area contributed by atoms with Crippen LogP contribution in [0, 0.1) is 15.9 Å². The molecule has 0 spiro atoms. The van der Waals surface area contributed by atoms with E-state index in [2.05, 4.69) is 0 Å². The van der Waals surface area contributed by atoms with Crippen LogP contribution in [-0.2, 0) is 4.74 Å². The second kappa shape index (κ2) is 5.00. The van der Waals surface area contributed by atoms with Gasteiger partial charge >= 0.3 is 11.7 Å². The molecule has 0 aliphatic rings. The Morgan fingerprint density at radius 1 is 1.53 bits per heavy atom. The molecule has 0 saturated heterocycles. The van der Waals surface area contributed by atoms with E-state index in [0.29, 0.717) is 0 Å². The quantitative estimate of drug-likeness (QED) is 0.391. The number of nitrogens with zero attached hydrogens (tertiary/aromatic N) is 1. The third-order valence-electron chi connectivity index (χ3n) is 2.04. The van der Waals surface area contributed by atoms with Gasteiger partial charge in [0.05, 0.1) is 15.5 Å². The van der Waals surface area contributed by atoms with Crippen molar-refractivity contribution in [3.8, 4) is 0 Å². The number of carbonyl (C=O) groups is 1. The van der Waals surface area contributed by atoms with Crippen molar-refractivity contribution < 1.29 is 18.8 Å². The summed E-state index contributed by atoms with van der Waals surface area (Å²) < 4.78 is 18.5. The van der Waals surface area contributed by atoms with Gasteiger partial charge in [-0.15, -0.1) is 0 Å². The lowest BCUT2D eigenvalue weighted by atomic mass is 10.1. The minimum absolute atomic E-state index is 0.340. The number of nitrogen functional groups attached to an aromatic ring is 1. The van der Waals surface area contributed by atoms with Crippen molar-refractivity contribution in [2.24, 2.45) is 0 Å². The van der Waals surface area contributed by atoms with Crippen molar-refractivity contribution in [2.75, 3.05) is 5.73 Å². The summed E-state index contributed by atoms with van der Waals surface area (Å²) in [6.07, 6.45) is 0. The molecule has 0 atom stereocenters. The standard InChI is InChI=1S/C11H12ClFN2O4/c1-11(2,3)19-10(16)5-4-6(12)7(13)9(8(5)14)15(17)18/h4H,14H2,1-3H3. The Kier molecular flexibility index (Phi) is 4.00. The first-order chi connectivity index (χ1) is 8.54. The number of halogens is 2. The summed E-state index contributed by atoms with van der Waals surface area (Å²) in [5.41, 5.74) is 2.63. The SMILES string of the molecule is CC(C)(C)OC(=O)c1cc(Cl)c(F)c([N+](=O)[O-])c1N. The highest BCUT2D eigenvalue weighted by Gasteiger charge is 2.29. The third-order valence-corrected chi connectivity index (χ3v) is 2.31. The van der Waals surface area contributed by atoms with Gasteiger partial charge in [0.15, 0.2) is 0 Å². The number of hydrogen-bond donors (Lipinski definition) is 1. The van der Waals surface area contributed by atoms with Crippen molar-refractivity contribution in [2.45, 2.75) is 26.4 Å². The molecule has 1 aromatic rings. The topological polar surface area (TPSA) is 95.5 Å². The maximum atomic E-state index is 13.5. The second-order valence-corrected chi connectivity index (χ2v) is 5.15. The average molecular weight is 291 g/mol. The molecule has 8 heteroatoms. The van der Waals surface area contributed by atoms with Gasteiger partial charge in [0.2, 0.25) is 5.82 Å². The van der Waals surface area contributed by atoms with E-state index in [1.54, 1.807) is 20.8 Å². The number of rotatable bonds is 2. The van der Waals surface area contributed by atoms with Gasteiger partial charge in [0, 0.05) is 0 Å².